The second kappa shape index (κ2) is 7.44. The number of benzene rings is 2. The monoisotopic (exact) mass is 342 g/mol. The first-order chi connectivity index (χ1) is 11.6. The SMILES string of the molecule is CC(C)(C)OC(=O)NC(NCc1cccc2ccccc12)C(C)(C)C. The minimum atomic E-state index is -0.512. The second-order valence-electron chi connectivity index (χ2n) is 8.46. The number of nitrogens with one attached hydrogen (secondary N) is 2. The van der Waals surface area contributed by atoms with Gasteiger partial charge in [-0.25, -0.2) is 4.79 Å². The van der Waals surface area contributed by atoms with Gasteiger partial charge in [-0.3, -0.25) is 5.32 Å². The smallest absolute Gasteiger partial charge is 0.408 e. The Morgan fingerprint density at radius 1 is 1.00 bits per heavy atom. The number of carbonyl (C=O) groups is 1. The van der Waals surface area contributed by atoms with Crippen molar-refractivity contribution < 1.29 is 9.53 Å². The molecule has 4 heteroatoms. The first kappa shape index (κ1) is 19.3. The predicted octanol–water partition coefficient (Wildman–Crippen LogP) is 4.83. The molecule has 0 saturated carbocycles. The van der Waals surface area contributed by atoms with Crippen molar-refractivity contribution in [2.45, 2.75) is 59.9 Å². The van der Waals surface area contributed by atoms with Crippen LogP contribution in [0.25, 0.3) is 10.8 Å². The van der Waals surface area contributed by atoms with E-state index in [0.29, 0.717) is 6.54 Å². The zero-order valence-corrected chi connectivity index (χ0v) is 16.1. The Balaban J connectivity index is 2.11. The minimum Gasteiger partial charge on any atom is -0.444 e. The summed E-state index contributed by atoms with van der Waals surface area (Å²) in [5, 5.41) is 8.87. The molecule has 2 rings (SSSR count). The van der Waals surface area contributed by atoms with Crippen LogP contribution >= 0.6 is 0 Å². The van der Waals surface area contributed by atoms with E-state index in [0.717, 1.165) is 0 Å². The number of fused-ring (bicyclic) bond motifs is 1. The summed E-state index contributed by atoms with van der Waals surface area (Å²) in [4.78, 5) is 12.2. The molecule has 0 saturated heterocycles. The molecule has 0 aromatic heterocycles. The summed E-state index contributed by atoms with van der Waals surface area (Å²) in [6.45, 7) is 12.5. The second-order valence-corrected chi connectivity index (χ2v) is 8.46. The number of alkyl carbamates (subject to hydrolysis) is 1. The van der Waals surface area contributed by atoms with E-state index >= 15 is 0 Å². The first-order valence-electron chi connectivity index (χ1n) is 8.76. The molecule has 0 aliphatic rings. The van der Waals surface area contributed by atoms with E-state index in [9.17, 15) is 4.79 Å². The van der Waals surface area contributed by atoms with Crippen molar-refractivity contribution in [3.8, 4) is 0 Å². The molecule has 1 unspecified atom stereocenters. The molecule has 0 bridgehead atoms. The van der Waals surface area contributed by atoms with Gasteiger partial charge in [-0.1, -0.05) is 63.2 Å². The van der Waals surface area contributed by atoms with Crippen LogP contribution in [0.1, 0.15) is 47.1 Å². The highest BCUT2D eigenvalue weighted by Gasteiger charge is 2.28. The van der Waals surface area contributed by atoms with Crippen molar-refractivity contribution in [2.75, 3.05) is 0 Å². The van der Waals surface area contributed by atoms with Crippen LogP contribution in [0.3, 0.4) is 0 Å². The fraction of sp³-hybridized carbons (Fsp3) is 0.476. The molecular formula is C21H30N2O2. The van der Waals surface area contributed by atoms with E-state index in [1.165, 1.54) is 16.3 Å². The summed E-state index contributed by atoms with van der Waals surface area (Å²) in [5.41, 5.74) is 0.544. The Morgan fingerprint density at radius 3 is 2.28 bits per heavy atom. The van der Waals surface area contributed by atoms with Crippen LogP contribution in [-0.2, 0) is 11.3 Å². The van der Waals surface area contributed by atoms with E-state index in [1.54, 1.807) is 0 Å². The number of hydrogen-bond donors (Lipinski definition) is 2. The molecule has 0 aliphatic heterocycles. The minimum absolute atomic E-state index is 0.151. The van der Waals surface area contributed by atoms with Gasteiger partial charge in [0.25, 0.3) is 0 Å². The quantitative estimate of drug-likeness (QED) is 0.783. The van der Waals surface area contributed by atoms with Crippen molar-refractivity contribution in [1.82, 2.24) is 10.6 Å². The van der Waals surface area contributed by atoms with Crippen LogP contribution in [-0.4, -0.2) is 17.9 Å². The average molecular weight is 342 g/mol. The molecule has 1 atom stereocenters. The maximum Gasteiger partial charge on any atom is 0.408 e. The van der Waals surface area contributed by atoms with Crippen LogP contribution in [0.2, 0.25) is 0 Å². The summed E-state index contributed by atoms with van der Waals surface area (Å²) in [7, 11) is 0. The van der Waals surface area contributed by atoms with Crippen molar-refractivity contribution in [3.05, 3.63) is 48.0 Å². The van der Waals surface area contributed by atoms with Gasteiger partial charge in [0.2, 0.25) is 0 Å². The molecule has 0 heterocycles. The van der Waals surface area contributed by atoms with E-state index in [1.807, 2.05) is 32.9 Å². The fourth-order valence-electron chi connectivity index (χ4n) is 2.66. The highest BCUT2D eigenvalue weighted by Crippen LogP contribution is 2.21. The number of carbonyl (C=O) groups excluding carboxylic acids is 1. The lowest BCUT2D eigenvalue weighted by Gasteiger charge is -2.33. The van der Waals surface area contributed by atoms with Gasteiger partial charge in [-0.15, -0.1) is 0 Å². The van der Waals surface area contributed by atoms with Gasteiger partial charge in [0.1, 0.15) is 5.60 Å². The fourth-order valence-corrected chi connectivity index (χ4v) is 2.66. The van der Waals surface area contributed by atoms with Gasteiger partial charge in [0, 0.05) is 6.54 Å². The average Bonchev–Trinajstić information content (AvgIpc) is 2.48. The number of hydrogen-bond acceptors (Lipinski definition) is 3. The third kappa shape index (κ3) is 5.75. The molecule has 0 spiro atoms. The third-order valence-corrected chi connectivity index (χ3v) is 3.90. The van der Waals surface area contributed by atoms with E-state index in [-0.39, 0.29) is 11.6 Å². The highest BCUT2D eigenvalue weighted by molar-refractivity contribution is 5.85. The molecule has 2 aromatic carbocycles. The molecule has 0 aliphatic carbocycles. The normalized spacial score (nSPS) is 13.5. The number of amides is 1. The standard InChI is InChI=1S/C21H30N2O2/c1-20(2,3)18(23-19(24)25-21(4,5)6)22-14-16-12-9-11-15-10-7-8-13-17(15)16/h7-13,18,22H,14H2,1-6H3,(H,23,24). The Kier molecular flexibility index (Phi) is 5.73. The van der Waals surface area contributed by atoms with Gasteiger partial charge in [0.15, 0.2) is 0 Å². The Morgan fingerprint density at radius 2 is 1.64 bits per heavy atom. The lowest BCUT2D eigenvalue weighted by molar-refractivity contribution is 0.0442. The highest BCUT2D eigenvalue weighted by atomic mass is 16.6. The van der Waals surface area contributed by atoms with Crippen LogP contribution < -0.4 is 10.6 Å². The topological polar surface area (TPSA) is 50.4 Å². The first-order valence-corrected chi connectivity index (χ1v) is 8.76. The summed E-state index contributed by atoms with van der Waals surface area (Å²) >= 11 is 0. The van der Waals surface area contributed by atoms with Gasteiger partial charge in [0.05, 0.1) is 6.17 Å². The summed E-state index contributed by atoms with van der Waals surface area (Å²) in [6, 6.07) is 14.6. The summed E-state index contributed by atoms with van der Waals surface area (Å²) in [5.74, 6) is 0. The van der Waals surface area contributed by atoms with Gasteiger partial charge < -0.3 is 10.1 Å². The Bertz CT molecular complexity index is 721. The zero-order valence-electron chi connectivity index (χ0n) is 16.1. The molecule has 2 aromatic rings. The molecule has 4 nitrogen and oxygen atoms in total. The van der Waals surface area contributed by atoms with Gasteiger partial charge >= 0.3 is 6.09 Å². The maximum absolute atomic E-state index is 12.2. The van der Waals surface area contributed by atoms with E-state index in [2.05, 4.69) is 61.7 Å². The third-order valence-electron chi connectivity index (χ3n) is 3.90. The van der Waals surface area contributed by atoms with E-state index in [4.69, 9.17) is 4.74 Å². The van der Waals surface area contributed by atoms with Crippen molar-refractivity contribution in [1.29, 1.82) is 0 Å². The largest absolute Gasteiger partial charge is 0.444 e. The van der Waals surface area contributed by atoms with Crippen LogP contribution in [0.5, 0.6) is 0 Å². The number of rotatable bonds is 4. The van der Waals surface area contributed by atoms with E-state index < -0.39 is 11.7 Å². The molecule has 0 radical (unpaired) electrons. The Labute approximate surface area is 151 Å². The molecule has 25 heavy (non-hydrogen) atoms. The van der Waals surface area contributed by atoms with Crippen LogP contribution in [0.15, 0.2) is 42.5 Å². The van der Waals surface area contributed by atoms with Crippen LogP contribution in [0, 0.1) is 5.41 Å². The van der Waals surface area contributed by atoms with Crippen molar-refractivity contribution >= 4 is 16.9 Å². The number of ether oxygens (including phenoxy) is 1. The molecule has 1 amide bonds. The van der Waals surface area contributed by atoms with Crippen molar-refractivity contribution in [2.24, 2.45) is 5.41 Å². The predicted molar refractivity (Wildman–Crippen MR) is 103 cm³/mol. The summed E-state index contributed by atoms with van der Waals surface area (Å²) < 4.78 is 5.40. The zero-order chi connectivity index (χ0) is 18.7. The molecule has 0 fully saturated rings. The lowest BCUT2D eigenvalue weighted by Crippen LogP contribution is -2.53. The van der Waals surface area contributed by atoms with Gasteiger partial charge in [-0.05, 0) is 42.5 Å². The summed E-state index contributed by atoms with van der Waals surface area (Å²) in [6.07, 6.45) is -0.612. The van der Waals surface area contributed by atoms with Crippen molar-refractivity contribution in [3.63, 3.8) is 0 Å². The Hall–Kier alpha value is -2.07. The molecular weight excluding hydrogens is 312 g/mol. The molecule has 2 N–H and O–H groups in total. The van der Waals surface area contributed by atoms with Crippen LogP contribution in [0.4, 0.5) is 4.79 Å². The molecule has 136 valence electrons. The van der Waals surface area contributed by atoms with Gasteiger partial charge in [-0.2, -0.15) is 0 Å². The lowest BCUT2D eigenvalue weighted by atomic mass is 9.92. The maximum atomic E-state index is 12.2.